The predicted molar refractivity (Wildman–Crippen MR) is 104 cm³/mol. The lowest BCUT2D eigenvalue weighted by molar-refractivity contribution is -0.137. The van der Waals surface area contributed by atoms with Crippen LogP contribution < -0.4 is 10.2 Å². The van der Waals surface area contributed by atoms with Gasteiger partial charge in [-0.05, 0) is 48.5 Å². The lowest BCUT2D eigenvalue weighted by atomic mass is 10.2. The van der Waals surface area contributed by atoms with Crippen molar-refractivity contribution < 1.29 is 13.2 Å². The number of aromatic nitrogens is 2. The van der Waals surface area contributed by atoms with Crippen LogP contribution in [0.4, 0.5) is 36.3 Å². The first kappa shape index (κ1) is 19.4. The number of nitrogens with one attached hydrogen (secondary N) is 1. The van der Waals surface area contributed by atoms with E-state index in [1.54, 1.807) is 48.3 Å². The van der Waals surface area contributed by atoms with Gasteiger partial charge in [0.2, 0.25) is 5.95 Å². The summed E-state index contributed by atoms with van der Waals surface area (Å²) < 4.78 is 41.0. The minimum absolute atomic E-state index is 0.127. The summed E-state index contributed by atoms with van der Waals surface area (Å²) >= 11 is 9.16. The summed E-state index contributed by atoms with van der Waals surface area (Å²) in [5, 5.41) is 3.18. The SMILES string of the molecule is CN(c1ccc(Br)cc1)c1ncc(C(F)(F)F)c(Nc2ccc(Cl)cc2)n1. The van der Waals surface area contributed by atoms with Crippen LogP contribution >= 0.6 is 27.5 Å². The molecule has 1 heterocycles. The maximum absolute atomic E-state index is 13.4. The highest BCUT2D eigenvalue weighted by molar-refractivity contribution is 9.10. The molecule has 0 aliphatic rings. The van der Waals surface area contributed by atoms with Gasteiger partial charge in [-0.3, -0.25) is 0 Å². The van der Waals surface area contributed by atoms with Gasteiger partial charge in [-0.25, -0.2) is 4.98 Å². The lowest BCUT2D eigenvalue weighted by Gasteiger charge is -2.20. The van der Waals surface area contributed by atoms with Gasteiger partial charge in [0.1, 0.15) is 11.4 Å². The molecule has 0 spiro atoms. The van der Waals surface area contributed by atoms with Crippen LogP contribution in [0.25, 0.3) is 0 Å². The molecule has 0 saturated heterocycles. The zero-order valence-corrected chi connectivity index (χ0v) is 16.3. The molecular weight excluding hydrogens is 445 g/mol. The first-order valence-corrected chi connectivity index (χ1v) is 8.87. The van der Waals surface area contributed by atoms with Gasteiger partial charge in [-0.1, -0.05) is 27.5 Å². The third-order valence-electron chi connectivity index (χ3n) is 3.70. The molecular formula is C18H13BrClF3N4. The number of hydrogen-bond acceptors (Lipinski definition) is 4. The van der Waals surface area contributed by atoms with Crippen molar-refractivity contribution in [1.29, 1.82) is 0 Å². The highest BCUT2D eigenvalue weighted by Gasteiger charge is 2.35. The van der Waals surface area contributed by atoms with Crippen LogP contribution in [0.1, 0.15) is 5.56 Å². The van der Waals surface area contributed by atoms with E-state index in [0.29, 0.717) is 10.7 Å². The average molecular weight is 458 g/mol. The van der Waals surface area contributed by atoms with Gasteiger partial charge < -0.3 is 10.2 Å². The fourth-order valence-corrected chi connectivity index (χ4v) is 2.68. The summed E-state index contributed by atoms with van der Waals surface area (Å²) in [4.78, 5) is 9.57. The fourth-order valence-electron chi connectivity index (χ4n) is 2.29. The number of rotatable bonds is 4. The number of benzene rings is 2. The maximum Gasteiger partial charge on any atom is 0.421 e. The van der Waals surface area contributed by atoms with Crippen molar-refractivity contribution in [3.05, 3.63) is 69.8 Å². The zero-order chi connectivity index (χ0) is 19.6. The molecule has 0 fully saturated rings. The minimum Gasteiger partial charge on any atom is -0.340 e. The normalized spacial score (nSPS) is 11.3. The lowest BCUT2D eigenvalue weighted by Crippen LogP contribution is -2.17. The Morgan fingerprint density at radius 2 is 1.67 bits per heavy atom. The highest BCUT2D eigenvalue weighted by Crippen LogP contribution is 2.36. The topological polar surface area (TPSA) is 41.1 Å². The summed E-state index contributed by atoms with van der Waals surface area (Å²) in [5.74, 6) is -0.208. The maximum atomic E-state index is 13.4. The smallest absolute Gasteiger partial charge is 0.340 e. The van der Waals surface area contributed by atoms with Crippen molar-refractivity contribution in [1.82, 2.24) is 9.97 Å². The largest absolute Gasteiger partial charge is 0.421 e. The molecule has 2 aromatic carbocycles. The van der Waals surface area contributed by atoms with Crippen molar-refractivity contribution in [2.24, 2.45) is 0 Å². The molecule has 0 unspecified atom stereocenters. The third-order valence-corrected chi connectivity index (χ3v) is 4.48. The number of anilines is 4. The average Bonchev–Trinajstić information content (AvgIpc) is 2.63. The van der Waals surface area contributed by atoms with E-state index in [4.69, 9.17) is 11.6 Å². The molecule has 0 amide bonds. The molecule has 0 bridgehead atoms. The van der Waals surface area contributed by atoms with E-state index < -0.39 is 11.7 Å². The summed E-state index contributed by atoms with van der Waals surface area (Å²) in [7, 11) is 1.68. The molecule has 4 nitrogen and oxygen atoms in total. The van der Waals surface area contributed by atoms with Crippen LogP contribution in [0.2, 0.25) is 5.02 Å². The van der Waals surface area contributed by atoms with Crippen LogP contribution in [0.15, 0.2) is 59.2 Å². The number of hydrogen-bond donors (Lipinski definition) is 1. The van der Waals surface area contributed by atoms with Crippen molar-refractivity contribution in [2.45, 2.75) is 6.18 Å². The van der Waals surface area contributed by atoms with Crippen LogP contribution in [0.3, 0.4) is 0 Å². The van der Waals surface area contributed by atoms with Crippen molar-refractivity contribution in [3.63, 3.8) is 0 Å². The Hall–Kier alpha value is -2.32. The van der Waals surface area contributed by atoms with E-state index in [9.17, 15) is 13.2 Å². The second-order valence-corrected chi connectivity index (χ2v) is 6.95. The number of halogens is 5. The molecule has 0 aliphatic heterocycles. The van der Waals surface area contributed by atoms with Crippen LogP contribution in [-0.2, 0) is 6.18 Å². The molecule has 0 saturated carbocycles. The van der Waals surface area contributed by atoms with Crippen molar-refractivity contribution in [2.75, 3.05) is 17.3 Å². The second-order valence-electron chi connectivity index (χ2n) is 5.60. The predicted octanol–water partition coefficient (Wildman–Crippen LogP) is 6.42. The molecule has 140 valence electrons. The Labute approximate surface area is 167 Å². The molecule has 0 radical (unpaired) electrons. The van der Waals surface area contributed by atoms with Crippen LogP contribution in [0, 0.1) is 0 Å². The van der Waals surface area contributed by atoms with Gasteiger partial charge in [0.05, 0.1) is 0 Å². The standard InChI is InChI=1S/C18H13BrClF3N4/c1-27(14-8-2-11(19)3-9-14)17-24-10-15(18(21,22)23)16(26-17)25-13-6-4-12(20)5-7-13/h2-10H,1H3,(H,24,25,26). The molecule has 0 aliphatic carbocycles. The summed E-state index contributed by atoms with van der Waals surface area (Å²) in [6, 6.07) is 13.5. The molecule has 1 N–H and O–H groups in total. The van der Waals surface area contributed by atoms with Crippen molar-refractivity contribution >= 4 is 50.7 Å². The Kier molecular flexibility index (Phi) is 5.57. The van der Waals surface area contributed by atoms with Gasteiger partial charge in [-0.15, -0.1) is 0 Å². The summed E-state index contributed by atoms with van der Waals surface area (Å²) in [5.41, 5.74) is 0.210. The third kappa shape index (κ3) is 4.70. The van der Waals surface area contributed by atoms with E-state index in [1.165, 1.54) is 0 Å². The monoisotopic (exact) mass is 456 g/mol. The van der Waals surface area contributed by atoms with E-state index in [1.807, 2.05) is 12.1 Å². The second kappa shape index (κ2) is 7.74. The number of alkyl halides is 3. The number of nitrogens with zero attached hydrogens (tertiary/aromatic N) is 3. The van der Waals surface area contributed by atoms with Gasteiger partial charge in [0, 0.05) is 34.1 Å². The minimum atomic E-state index is -4.59. The Morgan fingerprint density at radius 1 is 1.04 bits per heavy atom. The van der Waals surface area contributed by atoms with E-state index in [2.05, 4.69) is 31.2 Å². The first-order chi connectivity index (χ1) is 12.7. The molecule has 3 rings (SSSR count). The van der Waals surface area contributed by atoms with E-state index in [0.717, 1.165) is 16.4 Å². The summed E-state index contributed by atoms with van der Waals surface area (Å²) in [6.07, 6.45) is -3.82. The quantitative estimate of drug-likeness (QED) is 0.491. The van der Waals surface area contributed by atoms with Gasteiger partial charge in [0.15, 0.2) is 0 Å². The van der Waals surface area contributed by atoms with Gasteiger partial charge in [0.25, 0.3) is 0 Å². The highest BCUT2D eigenvalue weighted by atomic mass is 79.9. The Morgan fingerprint density at radius 3 is 2.26 bits per heavy atom. The summed E-state index contributed by atoms with van der Waals surface area (Å²) in [6.45, 7) is 0. The molecule has 0 atom stereocenters. The molecule has 9 heteroatoms. The first-order valence-electron chi connectivity index (χ1n) is 7.70. The van der Waals surface area contributed by atoms with E-state index >= 15 is 0 Å². The van der Waals surface area contributed by atoms with Crippen LogP contribution in [0.5, 0.6) is 0 Å². The molecule has 1 aromatic heterocycles. The van der Waals surface area contributed by atoms with Crippen molar-refractivity contribution in [3.8, 4) is 0 Å². The Bertz CT molecular complexity index is 931. The Balaban J connectivity index is 1.99. The van der Waals surface area contributed by atoms with Crippen LogP contribution in [-0.4, -0.2) is 17.0 Å². The zero-order valence-electron chi connectivity index (χ0n) is 13.9. The van der Waals surface area contributed by atoms with Gasteiger partial charge in [-0.2, -0.15) is 18.2 Å². The van der Waals surface area contributed by atoms with Gasteiger partial charge >= 0.3 is 6.18 Å². The van der Waals surface area contributed by atoms with E-state index in [-0.39, 0.29) is 11.8 Å². The fraction of sp³-hybridized carbons (Fsp3) is 0.111. The molecule has 27 heavy (non-hydrogen) atoms. The molecule has 3 aromatic rings.